The van der Waals surface area contributed by atoms with Crippen molar-refractivity contribution in [3.05, 3.63) is 10.9 Å². The molecule has 0 amide bonds. The first-order valence-electron chi connectivity index (χ1n) is 3.94. The predicted molar refractivity (Wildman–Crippen MR) is 55.1 cm³/mol. The number of nitrogens with one attached hydrogen (secondary N) is 1. The third-order valence-corrected chi connectivity index (χ3v) is 4.26. The molecule has 0 spiro atoms. The van der Waals surface area contributed by atoms with Crippen LogP contribution in [-0.4, -0.2) is 22.9 Å². The Labute approximate surface area is 84.2 Å². The van der Waals surface area contributed by atoms with Gasteiger partial charge in [0.2, 0.25) is 0 Å². The molecule has 5 heteroatoms. The van der Waals surface area contributed by atoms with E-state index in [-0.39, 0.29) is 0 Å². The fraction of sp³-hybridized carbons (Fsp3) is 0.375. The van der Waals surface area contributed by atoms with E-state index in [9.17, 15) is 4.79 Å². The van der Waals surface area contributed by atoms with Gasteiger partial charge in [-0.1, -0.05) is 6.92 Å². The lowest BCUT2D eigenvalue weighted by Crippen LogP contribution is -2.16. The van der Waals surface area contributed by atoms with E-state index in [1.54, 1.807) is 17.8 Å². The molecule has 1 aromatic heterocycles. The summed E-state index contributed by atoms with van der Waals surface area (Å²) < 4.78 is 1.09. The summed E-state index contributed by atoms with van der Waals surface area (Å²) in [5.41, 5.74) is 0.977. The molecule has 0 saturated carbocycles. The number of carboxylic acids is 1. The molecule has 3 nitrogen and oxygen atoms in total. The lowest BCUT2D eigenvalue weighted by Gasteiger charge is -2.18. The van der Waals surface area contributed by atoms with Crippen LogP contribution in [-0.2, 0) is 0 Å². The molecule has 0 bridgehead atoms. The van der Waals surface area contributed by atoms with E-state index in [0.29, 0.717) is 10.1 Å². The van der Waals surface area contributed by atoms with Gasteiger partial charge in [-0.2, -0.15) is 0 Å². The van der Waals surface area contributed by atoms with Gasteiger partial charge in [0, 0.05) is 11.8 Å². The van der Waals surface area contributed by atoms with Gasteiger partial charge in [-0.15, -0.1) is 23.1 Å². The van der Waals surface area contributed by atoms with Crippen LogP contribution in [0.15, 0.2) is 10.3 Å². The highest BCUT2D eigenvalue weighted by Crippen LogP contribution is 2.41. The van der Waals surface area contributed by atoms with E-state index in [0.717, 1.165) is 16.4 Å². The molecule has 70 valence electrons. The molecular weight excluding hydrogens is 206 g/mol. The van der Waals surface area contributed by atoms with Gasteiger partial charge in [0.15, 0.2) is 0 Å². The van der Waals surface area contributed by atoms with E-state index in [2.05, 4.69) is 12.2 Å². The maximum Gasteiger partial charge on any atom is 0.345 e. The molecule has 0 aliphatic carbocycles. The van der Waals surface area contributed by atoms with Crippen molar-refractivity contribution < 1.29 is 9.90 Å². The Kier molecular flexibility index (Phi) is 2.21. The molecule has 0 saturated heterocycles. The summed E-state index contributed by atoms with van der Waals surface area (Å²) >= 11 is 3.09. The fourth-order valence-electron chi connectivity index (χ4n) is 1.17. The lowest BCUT2D eigenvalue weighted by atomic mass is 10.4. The number of thioether (sulfide) groups is 1. The number of anilines is 1. The quantitative estimate of drug-likeness (QED) is 0.755. The first-order valence-corrected chi connectivity index (χ1v) is 5.64. The number of rotatable bonds is 1. The van der Waals surface area contributed by atoms with Gasteiger partial charge in [-0.25, -0.2) is 4.79 Å². The summed E-state index contributed by atoms with van der Waals surface area (Å²) in [6.45, 7) is 3.04. The van der Waals surface area contributed by atoms with E-state index in [4.69, 9.17) is 5.11 Å². The van der Waals surface area contributed by atoms with Crippen LogP contribution >= 0.6 is 23.1 Å². The zero-order chi connectivity index (χ0) is 9.42. The Morgan fingerprint density at radius 1 is 1.77 bits per heavy atom. The van der Waals surface area contributed by atoms with Gasteiger partial charge >= 0.3 is 5.97 Å². The molecule has 2 N–H and O–H groups in total. The number of hydrogen-bond acceptors (Lipinski definition) is 4. The topological polar surface area (TPSA) is 49.3 Å². The summed E-state index contributed by atoms with van der Waals surface area (Å²) in [5, 5.41) is 12.5. The van der Waals surface area contributed by atoms with Gasteiger partial charge in [-0.3, -0.25) is 0 Å². The maximum atomic E-state index is 10.7. The largest absolute Gasteiger partial charge is 0.477 e. The second-order valence-electron chi connectivity index (χ2n) is 2.93. The Bertz CT molecular complexity index is 348. The third kappa shape index (κ3) is 1.66. The van der Waals surface area contributed by atoms with Crippen molar-refractivity contribution in [3.63, 3.8) is 0 Å². The van der Waals surface area contributed by atoms with Gasteiger partial charge in [-0.05, 0) is 6.07 Å². The molecule has 2 heterocycles. The van der Waals surface area contributed by atoms with Crippen LogP contribution in [0.2, 0.25) is 0 Å². The highest BCUT2D eigenvalue weighted by molar-refractivity contribution is 8.02. The number of hydrogen-bond donors (Lipinski definition) is 2. The summed E-state index contributed by atoms with van der Waals surface area (Å²) in [5.74, 6) is -0.838. The van der Waals surface area contributed by atoms with Crippen molar-refractivity contribution in [3.8, 4) is 0 Å². The second kappa shape index (κ2) is 3.23. The molecule has 2 rings (SSSR count). The molecule has 1 unspecified atom stereocenters. The first-order chi connectivity index (χ1) is 6.16. The van der Waals surface area contributed by atoms with Crippen LogP contribution in [0.3, 0.4) is 0 Å². The smallest absolute Gasteiger partial charge is 0.345 e. The zero-order valence-electron chi connectivity index (χ0n) is 7.03. The molecule has 0 aromatic carbocycles. The SMILES string of the molecule is CC1CNc2cc(C(=O)O)sc2S1. The second-order valence-corrected chi connectivity index (χ2v) is 5.69. The van der Waals surface area contributed by atoms with Gasteiger partial charge in [0.1, 0.15) is 4.88 Å². The van der Waals surface area contributed by atoms with Crippen LogP contribution in [0.4, 0.5) is 5.69 Å². The average Bonchev–Trinajstić information content (AvgIpc) is 2.46. The first kappa shape index (κ1) is 8.90. The summed E-state index contributed by atoms with van der Waals surface area (Å²) in [4.78, 5) is 11.1. The van der Waals surface area contributed by atoms with E-state index >= 15 is 0 Å². The summed E-state index contributed by atoms with van der Waals surface area (Å²) in [7, 11) is 0. The maximum absolute atomic E-state index is 10.7. The predicted octanol–water partition coefficient (Wildman–Crippen LogP) is 2.35. The number of aromatic carboxylic acids is 1. The van der Waals surface area contributed by atoms with Crippen molar-refractivity contribution in [2.45, 2.75) is 16.4 Å². The van der Waals surface area contributed by atoms with Crippen molar-refractivity contribution in [1.82, 2.24) is 0 Å². The van der Waals surface area contributed by atoms with Crippen molar-refractivity contribution in [2.24, 2.45) is 0 Å². The van der Waals surface area contributed by atoms with Crippen molar-refractivity contribution in [2.75, 3.05) is 11.9 Å². The summed E-state index contributed by atoms with van der Waals surface area (Å²) in [6, 6.07) is 1.71. The highest BCUT2D eigenvalue weighted by Gasteiger charge is 2.20. The molecule has 1 aliphatic heterocycles. The molecule has 0 fully saturated rings. The minimum absolute atomic E-state index is 0.416. The number of thiophene rings is 1. The fourth-order valence-corrected chi connectivity index (χ4v) is 3.62. The van der Waals surface area contributed by atoms with E-state index in [1.807, 2.05) is 0 Å². The standard InChI is InChI=1S/C8H9NO2S2/c1-4-3-9-5-2-6(7(10)11)13-8(5)12-4/h2,4,9H,3H2,1H3,(H,10,11). The number of fused-ring (bicyclic) bond motifs is 1. The molecule has 1 aromatic rings. The molecule has 1 atom stereocenters. The van der Waals surface area contributed by atoms with E-state index in [1.165, 1.54) is 11.3 Å². The molecule has 13 heavy (non-hydrogen) atoms. The zero-order valence-corrected chi connectivity index (χ0v) is 8.67. The Morgan fingerprint density at radius 2 is 2.54 bits per heavy atom. The van der Waals surface area contributed by atoms with Crippen molar-refractivity contribution in [1.29, 1.82) is 0 Å². The van der Waals surface area contributed by atoms with Crippen LogP contribution in [0.1, 0.15) is 16.6 Å². The highest BCUT2D eigenvalue weighted by atomic mass is 32.2. The number of carboxylic acid groups (broad SMARTS) is 1. The Balaban J connectivity index is 2.33. The van der Waals surface area contributed by atoms with Gasteiger partial charge in [0.25, 0.3) is 0 Å². The van der Waals surface area contributed by atoms with E-state index < -0.39 is 5.97 Å². The minimum Gasteiger partial charge on any atom is -0.477 e. The average molecular weight is 215 g/mol. The van der Waals surface area contributed by atoms with Gasteiger partial charge < -0.3 is 10.4 Å². The normalized spacial score (nSPS) is 20.5. The van der Waals surface area contributed by atoms with Crippen LogP contribution in [0.5, 0.6) is 0 Å². The Hall–Kier alpha value is -0.680. The van der Waals surface area contributed by atoms with Crippen LogP contribution < -0.4 is 5.32 Å². The third-order valence-electron chi connectivity index (χ3n) is 1.80. The van der Waals surface area contributed by atoms with Crippen LogP contribution in [0.25, 0.3) is 0 Å². The van der Waals surface area contributed by atoms with Crippen LogP contribution in [0, 0.1) is 0 Å². The Morgan fingerprint density at radius 3 is 3.23 bits per heavy atom. The number of carbonyl (C=O) groups is 1. The van der Waals surface area contributed by atoms with Crippen molar-refractivity contribution >= 4 is 34.8 Å². The minimum atomic E-state index is -0.838. The molecule has 1 aliphatic rings. The summed E-state index contributed by atoms with van der Waals surface area (Å²) in [6.07, 6.45) is 0. The monoisotopic (exact) mass is 215 g/mol. The molecule has 0 radical (unpaired) electrons. The molecular formula is C8H9NO2S2. The van der Waals surface area contributed by atoms with Gasteiger partial charge in [0.05, 0.1) is 9.90 Å². The lowest BCUT2D eigenvalue weighted by molar-refractivity contribution is 0.0702.